The van der Waals surface area contributed by atoms with Crippen molar-refractivity contribution in [2.75, 3.05) is 26.2 Å². The van der Waals surface area contributed by atoms with Crippen LogP contribution in [0.25, 0.3) is 21.8 Å². The van der Waals surface area contributed by atoms with E-state index in [9.17, 15) is 9.18 Å². The summed E-state index contributed by atoms with van der Waals surface area (Å²) in [6, 6.07) is 13.6. The minimum absolute atomic E-state index is 0.135. The highest BCUT2D eigenvalue weighted by atomic mass is 19.1. The van der Waals surface area contributed by atoms with Gasteiger partial charge in [0, 0.05) is 47.1 Å². The Bertz CT molecular complexity index is 1360. The maximum atomic E-state index is 13.5. The van der Waals surface area contributed by atoms with Gasteiger partial charge in [-0.1, -0.05) is 12.1 Å². The first-order chi connectivity index (χ1) is 17.0. The minimum atomic E-state index is -0.195. The average molecular weight is 473 g/mol. The third-order valence-electron chi connectivity index (χ3n) is 8.13. The van der Waals surface area contributed by atoms with Crippen molar-refractivity contribution < 1.29 is 9.18 Å². The maximum Gasteiger partial charge on any atom is 0.270 e. The summed E-state index contributed by atoms with van der Waals surface area (Å²) in [6.07, 6.45) is 7.50. The van der Waals surface area contributed by atoms with Crippen LogP contribution in [-0.2, 0) is 0 Å². The normalized spacial score (nSPS) is 19.8. The van der Waals surface area contributed by atoms with Crippen molar-refractivity contribution in [3.8, 4) is 0 Å². The average Bonchev–Trinajstić information content (AvgIpc) is 3.60. The van der Waals surface area contributed by atoms with Gasteiger partial charge in [-0.05, 0) is 99.5 Å². The predicted molar refractivity (Wildman–Crippen MR) is 138 cm³/mol. The SMILES string of the molecule is Cc1ccc2cc(C(=O)N3CCC[C@H]3CCN3CCC(c4c[nH]c5cc(F)ccc45)CC3)[nH]c2c1. The summed E-state index contributed by atoms with van der Waals surface area (Å²) in [5, 5.41) is 2.25. The number of piperidine rings is 1. The van der Waals surface area contributed by atoms with E-state index in [4.69, 9.17) is 0 Å². The van der Waals surface area contributed by atoms with Gasteiger partial charge in [0.2, 0.25) is 0 Å². The fourth-order valence-corrected chi connectivity index (χ4v) is 6.17. The van der Waals surface area contributed by atoms with E-state index in [1.807, 2.05) is 12.1 Å². The summed E-state index contributed by atoms with van der Waals surface area (Å²) in [5.41, 5.74) is 5.14. The van der Waals surface area contributed by atoms with Crippen LogP contribution in [0.2, 0.25) is 0 Å². The van der Waals surface area contributed by atoms with Gasteiger partial charge in [0.25, 0.3) is 5.91 Å². The van der Waals surface area contributed by atoms with Gasteiger partial charge in [0.15, 0.2) is 0 Å². The Hall–Kier alpha value is -3.12. The molecular formula is C29H33FN4O. The topological polar surface area (TPSA) is 55.1 Å². The van der Waals surface area contributed by atoms with Crippen LogP contribution >= 0.6 is 0 Å². The fraction of sp³-hybridized carbons (Fsp3) is 0.414. The molecule has 0 spiro atoms. The van der Waals surface area contributed by atoms with E-state index in [2.05, 4.69) is 51.1 Å². The zero-order chi connectivity index (χ0) is 23.9. The van der Waals surface area contributed by atoms with Crippen molar-refractivity contribution >= 4 is 27.7 Å². The van der Waals surface area contributed by atoms with Crippen molar-refractivity contribution in [1.29, 1.82) is 0 Å². The number of aromatic nitrogens is 2. The highest BCUT2D eigenvalue weighted by molar-refractivity contribution is 5.98. The summed E-state index contributed by atoms with van der Waals surface area (Å²) < 4.78 is 13.5. The van der Waals surface area contributed by atoms with E-state index in [0.717, 1.165) is 80.1 Å². The van der Waals surface area contributed by atoms with Crippen molar-refractivity contribution in [1.82, 2.24) is 19.8 Å². The predicted octanol–water partition coefficient (Wildman–Crippen LogP) is 5.97. The summed E-state index contributed by atoms with van der Waals surface area (Å²) in [6.45, 7) is 6.09. The molecule has 2 aliphatic rings. The van der Waals surface area contributed by atoms with Gasteiger partial charge in [-0.2, -0.15) is 0 Å². The number of nitrogens with one attached hydrogen (secondary N) is 2. The molecule has 4 heterocycles. The molecule has 2 aromatic carbocycles. The molecule has 6 rings (SSSR count). The van der Waals surface area contributed by atoms with Crippen LogP contribution in [-0.4, -0.2) is 57.9 Å². The smallest absolute Gasteiger partial charge is 0.270 e. The molecule has 0 radical (unpaired) electrons. The zero-order valence-electron chi connectivity index (χ0n) is 20.3. The van der Waals surface area contributed by atoms with Gasteiger partial charge in [0.05, 0.1) is 0 Å². The van der Waals surface area contributed by atoms with E-state index >= 15 is 0 Å². The maximum absolute atomic E-state index is 13.5. The number of fused-ring (bicyclic) bond motifs is 2. The standard InChI is InChI=1S/C29H33FN4O/c1-19-4-5-21-16-28(32-26(21)15-19)29(35)34-11-2-3-23(34)10-14-33-12-8-20(9-13-33)25-18-31-27-17-22(30)6-7-24(25)27/h4-7,15-18,20,23,31-32H,2-3,8-14H2,1H3/t23-/m0/s1. The Balaban J connectivity index is 1.05. The molecule has 2 aliphatic heterocycles. The second kappa shape index (κ2) is 9.15. The quantitative estimate of drug-likeness (QED) is 0.376. The lowest BCUT2D eigenvalue weighted by Crippen LogP contribution is -2.40. The minimum Gasteiger partial charge on any atom is -0.361 e. The van der Waals surface area contributed by atoms with Gasteiger partial charge in [-0.25, -0.2) is 4.39 Å². The lowest BCUT2D eigenvalue weighted by atomic mass is 9.89. The molecule has 0 unspecified atom stereocenters. The molecule has 2 N–H and O–H groups in total. The summed E-state index contributed by atoms with van der Waals surface area (Å²) in [7, 11) is 0. The second-order valence-electron chi connectivity index (χ2n) is 10.4. The molecule has 2 fully saturated rings. The zero-order valence-corrected chi connectivity index (χ0v) is 20.3. The number of halogens is 1. The van der Waals surface area contributed by atoms with Crippen LogP contribution in [0.3, 0.4) is 0 Å². The van der Waals surface area contributed by atoms with Gasteiger partial charge in [0.1, 0.15) is 11.5 Å². The molecule has 0 bridgehead atoms. The van der Waals surface area contributed by atoms with Crippen LogP contribution < -0.4 is 0 Å². The Morgan fingerprint density at radius 2 is 1.89 bits per heavy atom. The molecule has 1 amide bonds. The summed E-state index contributed by atoms with van der Waals surface area (Å²) in [4.78, 5) is 24.6. The number of hydrogen-bond acceptors (Lipinski definition) is 2. The number of rotatable bonds is 5. The number of carbonyl (C=O) groups excluding carboxylic acids is 1. The number of benzene rings is 2. The number of hydrogen-bond donors (Lipinski definition) is 2. The largest absolute Gasteiger partial charge is 0.361 e. The van der Waals surface area contributed by atoms with Crippen LogP contribution in [0.1, 0.15) is 59.6 Å². The number of carbonyl (C=O) groups is 1. The first-order valence-corrected chi connectivity index (χ1v) is 12.9. The van der Waals surface area contributed by atoms with Crippen molar-refractivity contribution in [3.63, 3.8) is 0 Å². The number of aryl methyl sites for hydroxylation is 1. The van der Waals surface area contributed by atoms with Crippen LogP contribution in [0.5, 0.6) is 0 Å². The number of likely N-dealkylation sites (tertiary alicyclic amines) is 2. The number of nitrogens with zero attached hydrogens (tertiary/aromatic N) is 2. The van der Waals surface area contributed by atoms with E-state index in [1.54, 1.807) is 12.1 Å². The Morgan fingerprint density at radius 3 is 2.74 bits per heavy atom. The van der Waals surface area contributed by atoms with Crippen LogP contribution in [0.15, 0.2) is 48.7 Å². The molecule has 2 aromatic heterocycles. The highest BCUT2D eigenvalue weighted by Crippen LogP contribution is 2.34. The third-order valence-corrected chi connectivity index (χ3v) is 8.13. The molecule has 6 heteroatoms. The fourth-order valence-electron chi connectivity index (χ4n) is 6.17. The Labute approximate surface area is 205 Å². The molecule has 0 aliphatic carbocycles. The van der Waals surface area contributed by atoms with Crippen LogP contribution in [0.4, 0.5) is 4.39 Å². The lowest BCUT2D eigenvalue weighted by molar-refractivity contribution is 0.0712. The van der Waals surface area contributed by atoms with E-state index in [1.165, 1.54) is 11.1 Å². The monoisotopic (exact) mass is 472 g/mol. The summed E-state index contributed by atoms with van der Waals surface area (Å²) >= 11 is 0. The van der Waals surface area contributed by atoms with Gasteiger partial charge in [-0.3, -0.25) is 4.79 Å². The van der Waals surface area contributed by atoms with Gasteiger partial charge in [-0.15, -0.1) is 0 Å². The van der Waals surface area contributed by atoms with E-state index in [-0.39, 0.29) is 11.7 Å². The number of aromatic amines is 2. The molecule has 2 saturated heterocycles. The Kier molecular flexibility index (Phi) is 5.85. The van der Waals surface area contributed by atoms with Gasteiger partial charge < -0.3 is 19.8 Å². The number of amides is 1. The highest BCUT2D eigenvalue weighted by Gasteiger charge is 2.31. The molecule has 4 aromatic rings. The first-order valence-electron chi connectivity index (χ1n) is 12.9. The van der Waals surface area contributed by atoms with Gasteiger partial charge >= 0.3 is 0 Å². The number of H-pyrrole nitrogens is 2. The summed E-state index contributed by atoms with van der Waals surface area (Å²) in [5.74, 6) is 0.455. The molecule has 35 heavy (non-hydrogen) atoms. The molecule has 1 atom stereocenters. The first kappa shape index (κ1) is 22.4. The third kappa shape index (κ3) is 4.36. The van der Waals surface area contributed by atoms with Crippen molar-refractivity contribution in [3.05, 3.63) is 71.3 Å². The Morgan fingerprint density at radius 1 is 1.03 bits per heavy atom. The molecular weight excluding hydrogens is 439 g/mol. The van der Waals surface area contributed by atoms with E-state index in [0.29, 0.717) is 17.7 Å². The lowest BCUT2D eigenvalue weighted by Gasteiger charge is -2.33. The second-order valence-corrected chi connectivity index (χ2v) is 10.4. The van der Waals surface area contributed by atoms with Crippen molar-refractivity contribution in [2.24, 2.45) is 0 Å². The molecule has 0 saturated carbocycles. The van der Waals surface area contributed by atoms with Crippen LogP contribution in [0, 0.1) is 12.7 Å². The molecule has 182 valence electrons. The molecule has 5 nitrogen and oxygen atoms in total. The van der Waals surface area contributed by atoms with Crippen molar-refractivity contribution in [2.45, 2.75) is 51.0 Å². The van der Waals surface area contributed by atoms with E-state index < -0.39 is 0 Å².